The van der Waals surface area contributed by atoms with Gasteiger partial charge in [-0.3, -0.25) is 0 Å². The number of nitrogens with one attached hydrogen (secondary N) is 2. The third-order valence-corrected chi connectivity index (χ3v) is 2.85. The number of pyridine rings is 1. The summed E-state index contributed by atoms with van der Waals surface area (Å²) < 4.78 is 1.60. The summed E-state index contributed by atoms with van der Waals surface area (Å²) in [6.07, 6.45) is 3.22. The Bertz CT molecular complexity index is 723. The number of carbonyl (C=O) groups excluding carboxylic acids is 1. The maximum absolute atomic E-state index is 11.9. The molecule has 2 amide bonds. The molecule has 6 nitrogen and oxygen atoms in total. The van der Waals surface area contributed by atoms with Crippen LogP contribution in [0.4, 0.5) is 10.5 Å². The van der Waals surface area contributed by atoms with E-state index in [1.54, 1.807) is 22.8 Å². The van der Waals surface area contributed by atoms with Crippen LogP contribution in [-0.2, 0) is 6.54 Å². The van der Waals surface area contributed by atoms with Crippen molar-refractivity contribution in [3.63, 3.8) is 0 Å². The number of fused-ring (bicyclic) bond motifs is 1. The summed E-state index contributed by atoms with van der Waals surface area (Å²) in [7, 11) is 0. The predicted molar refractivity (Wildman–Crippen MR) is 75.3 cm³/mol. The number of benzene rings is 1. The monoisotopic (exact) mass is 267 g/mol. The summed E-state index contributed by atoms with van der Waals surface area (Å²) in [5.74, 6) is 0. The van der Waals surface area contributed by atoms with Gasteiger partial charge >= 0.3 is 6.03 Å². The number of urea groups is 1. The molecule has 6 heteroatoms. The van der Waals surface area contributed by atoms with Crippen LogP contribution in [0.5, 0.6) is 0 Å². The van der Waals surface area contributed by atoms with Crippen LogP contribution in [-0.4, -0.2) is 20.6 Å². The summed E-state index contributed by atoms with van der Waals surface area (Å²) in [5.41, 5.74) is 2.28. The number of anilines is 1. The van der Waals surface area contributed by atoms with E-state index in [4.69, 9.17) is 0 Å². The Hall–Kier alpha value is -2.89. The molecule has 0 aliphatic rings. The van der Waals surface area contributed by atoms with Gasteiger partial charge in [0.15, 0.2) is 5.65 Å². The van der Waals surface area contributed by atoms with E-state index in [0.29, 0.717) is 17.9 Å². The lowest BCUT2D eigenvalue weighted by Crippen LogP contribution is -2.28. The summed E-state index contributed by atoms with van der Waals surface area (Å²) in [6.45, 7) is 0.475. The molecule has 0 saturated carbocycles. The first-order chi connectivity index (χ1) is 9.83. The highest BCUT2D eigenvalue weighted by Gasteiger charge is 2.06. The maximum atomic E-state index is 11.9. The van der Waals surface area contributed by atoms with Gasteiger partial charge < -0.3 is 10.6 Å². The Labute approximate surface area is 115 Å². The summed E-state index contributed by atoms with van der Waals surface area (Å²) in [4.78, 5) is 16.0. The molecule has 0 radical (unpaired) electrons. The predicted octanol–water partition coefficient (Wildman–Crippen LogP) is 2.05. The number of rotatable bonds is 3. The average molecular weight is 267 g/mol. The molecular weight excluding hydrogens is 254 g/mol. The highest BCUT2D eigenvalue weighted by Crippen LogP contribution is 2.12. The topological polar surface area (TPSA) is 71.3 Å². The van der Waals surface area contributed by atoms with Gasteiger partial charge in [-0.25, -0.2) is 14.3 Å². The lowest BCUT2D eigenvalue weighted by atomic mass is 10.2. The van der Waals surface area contributed by atoms with Gasteiger partial charge in [-0.15, -0.1) is 0 Å². The third kappa shape index (κ3) is 2.59. The molecule has 3 rings (SSSR count). The molecule has 0 atom stereocenters. The molecule has 1 aromatic carbocycles. The van der Waals surface area contributed by atoms with Gasteiger partial charge in [0, 0.05) is 12.7 Å². The first kappa shape index (κ1) is 12.2. The van der Waals surface area contributed by atoms with Crippen molar-refractivity contribution in [3.05, 3.63) is 60.6 Å². The Morgan fingerprint density at radius 3 is 2.85 bits per heavy atom. The highest BCUT2D eigenvalue weighted by molar-refractivity contribution is 5.92. The molecule has 0 aliphatic carbocycles. The molecule has 2 N–H and O–H groups in total. The van der Waals surface area contributed by atoms with Gasteiger partial charge in [0.25, 0.3) is 0 Å². The summed E-state index contributed by atoms with van der Waals surface area (Å²) in [5, 5.41) is 9.58. The van der Waals surface area contributed by atoms with Crippen molar-refractivity contribution in [2.75, 3.05) is 5.32 Å². The lowest BCUT2D eigenvalue weighted by molar-refractivity contribution is 0.252. The molecule has 0 saturated heterocycles. The molecule has 20 heavy (non-hydrogen) atoms. The number of carbonyl (C=O) groups is 1. The lowest BCUT2D eigenvalue weighted by Gasteiger charge is -2.08. The van der Waals surface area contributed by atoms with Gasteiger partial charge in [0.1, 0.15) is 6.33 Å². The minimum Gasteiger partial charge on any atom is -0.334 e. The summed E-state index contributed by atoms with van der Waals surface area (Å²) in [6, 6.07) is 13.0. The van der Waals surface area contributed by atoms with Gasteiger partial charge in [0.2, 0.25) is 0 Å². The molecule has 0 aliphatic heterocycles. The zero-order chi connectivity index (χ0) is 13.8. The van der Waals surface area contributed by atoms with Gasteiger partial charge in [0.05, 0.1) is 5.69 Å². The standard InChI is InChI=1S/C14H13N5O/c20-14(15-9-11-5-2-1-3-6-11)18-12-7-4-8-19-13(12)16-10-17-19/h1-8,10H,9H2,(H2,15,18,20). The molecular formula is C14H13N5O. The van der Waals surface area contributed by atoms with Crippen LogP contribution in [0.15, 0.2) is 55.0 Å². The van der Waals surface area contributed by atoms with Crippen molar-refractivity contribution in [2.24, 2.45) is 0 Å². The largest absolute Gasteiger partial charge is 0.334 e. The van der Waals surface area contributed by atoms with E-state index in [2.05, 4.69) is 20.7 Å². The molecule has 0 bridgehead atoms. The van der Waals surface area contributed by atoms with E-state index < -0.39 is 0 Å². The molecule has 0 spiro atoms. The SMILES string of the molecule is O=C(NCc1ccccc1)Nc1cccn2ncnc12. The Balaban J connectivity index is 1.66. The van der Waals surface area contributed by atoms with Crippen molar-refractivity contribution in [3.8, 4) is 0 Å². The molecule has 2 aromatic heterocycles. The number of hydrogen-bond acceptors (Lipinski definition) is 3. The van der Waals surface area contributed by atoms with Gasteiger partial charge in [-0.1, -0.05) is 30.3 Å². The van der Waals surface area contributed by atoms with Crippen molar-refractivity contribution in [1.29, 1.82) is 0 Å². The van der Waals surface area contributed by atoms with Crippen molar-refractivity contribution in [2.45, 2.75) is 6.54 Å². The van der Waals surface area contributed by atoms with E-state index in [9.17, 15) is 4.79 Å². The molecule has 2 heterocycles. The Morgan fingerprint density at radius 2 is 2.00 bits per heavy atom. The second kappa shape index (κ2) is 5.40. The zero-order valence-corrected chi connectivity index (χ0v) is 10.7. The fourth-order valence-corrected chi connectivity index (χ4v) is 1.89. The molecule has 0 unspecified atom stereocenters. The number of amides is 2. The van der Waals surface area contributed by atoms with Gasteiger partial charge in [-0.05, 0) is 17.7 Å². The van der Waals surface area contributed by atoms with Crippen molar-refractivity contribution in [1.82, 2.24) is 19.9 Å². The van der Waals surface area contributed by atoms with Crippen LogP contribution >= 0.6 is 0 Å². The van der Waals surface area contributed by atoms with E-state index in [1.165, 1.54) is 6.33 Å². The minimum absolute atomic E-state index is 0.273. The fourth-order valence-electron chi connectivity index (χ4n) is 1.89. The van der Waals surface area contributed by atoms with Crippen LogP contribution in [0.1, 0.15) is 5.56 Å². The second-order valence-electron chi connectivity index (χ2n) is 4.24. The normalized spacial score (nSPS) is 10.4. The van der Waals surface area contributed by atoms with Gasteiger partial charge in [-0.2, -0.15) is 5.10 Å². The van der Waals surface area contributed by atoms with Crippen LogP contribution in [0, 0.1) is 0 Å². The molecule has 0 fully saturated rings. The molecule has 100 valence electrons. The van der Waals surface area contributed by atoms with Crippen LogP contribution < -0.4 is 10.6 Å². The Morgan fingerprint density at radius 1 is 1.15 bits per heavy atom. The molecule has 3 aromatic rings. The van der Waals surface area contributed by atoms with E-state index in [0.717, 1.165) is 5.56 Å². The Kier molecular flexibility index (Phi) is 3.28. The zero-order valence-electron chi connectivity index (χ0n) is 10.7. The maximum Gasteiger partial charge on any atom is 0.319 e. The van der Waals surface area contributed by atoms with Crippen LogP contribution in [0.25, 0.3) is 5.65 Å². The van der Waals surface area contributed by atoms with Crippen LogP contribution in [0.2, 0.25) is 0 Å². The second-order valence-corrected chi connectivity index (χ2v) is 4.24. The first-order valence-electron chi connectivity index (χ1n) is 6.20. The smallest absolute Gasteiger partial charge is 0.319 e. The highest BCUT2D eigenvalue weighted by atomic mass is 16.2. The summed E-state index contributed by atoms with van der Waals surface area (Å²) >= 11 is 0. The number of aromatic nitrogens is 3. The van der Waals surface area contributed by atoms with E-state index in [-0.39, 0.29) is 6.03 Å². The van der Waals surface area contributed by atoms with E-state index in [1.807, 2.05) is 30.3 Å². The quantitative estimate of drug-likeness (QED) is 0.763. The number of hydrogen-bond donors (Lipinski definition) is 2. The van der Waals surface area contributed by atoms with Crippen LogP contribution in [0.3, 0.4) is 0 Å². The third-order valence-electron chi connectivity index (χ3n) is 2.85. The number of nitrogens with zero attached hydrogens (tertiary/aromatic N) is 3. The van der Waals surface area contributed by atoms with Crippen molar-refractivity contribution >= 4 is 17.4 Å². The first-order valence-corrected chi connectivity index (χ1v) is 6.20. The van der Waals surface area contributed by atoms with E-state index >= 15 is 0 Å². The van der Waals surface area contributed by atoms with Crippen molar-refractivity contribution < 1.29 is 4.79 Å². The minimum atomic E-state index is -0.273. The fraction of sp³-hybridized carbons (Fsp3) is 0.0714. The average Bonchev–Trinajstić information content (AvgIpc) is 2.96.